The highest BCUT2D eigenvalue weighted by Crippen LogP contribution is 2.63. The molecule has 2 aliphatic carbocycles. The zero-order valence-electron chi connectivity index (χ0n) is 14.8. The second-order valence-corrected chi connectivity index (χ2v) is 8.16. The first kappa shape index (κ1) is 18.7. The van der Waals surface area contributed by atoms with E-state index in [1.807, 2.05) is 0 Å². The number of carboxylic acids is 1. The molecule has 0 aromatic rings. The van der Waals surface area contributed by atoms with Gasteiger partial charge in [0.1, 0.15) is 12.1 Å². The molecule has 1 amide bonds. The van der Waals surface area contributed by atoms with Crippen molar-refractivity contribution in [2.75, 3.05) is 0 Å². The topological polar surface area (TPSA) is 119 Å². The van der Waals surface area contributed by atoms with Crippen LogP contribution in [-0.2, 0) is 19.1 Å². The van der Waals surface area contributed by atoms with Gasteiger partial charge in [0.15, 0.2) is 0 Å². The number of carboxylic acid groups (broad SMARTS) is 1. The molecular weight excluding hydrogens is 312 g/mol. The van der Waals surface area contributed by atoms with E-state index in [1.54, 1.807) is 0 Å². The Morgan fingerprint density at radius 1 is 1.33 bits per heavy atom. The molecule has 7 nitrogen and oxygen atoms in total. The van der Waals surface area contributed by atoms with Crippen LogP contribution in [-0.4, -0.2) is 41.1 Å². The van der Waals surface area contributed by atoms with E-state index in [0.29, 0.717) is 5.92 Å². The summed E-state index contributed by atoms with van der Waals surface area (Å²) in [4.78, 5) is 34.8. The van der Waals surface area contributed by atoms with Crippen molar-refractivity contribution in [3.8, 4) is 0 Å². The summed E-state index contributed by atoms with van der Waals surface area (Å²) in [6.45, 7) is 7.74. The number of hydrogen-bond acceptors (Lipinski definition) is 5. The van der Waals surface area contributed by atoms with Crippen LogP contribution in [0, 0.1) is 16.7 Å². The molecule has 7 heteroatoms. The molecule has 2 saturated carbocycles. The molecule has 2 aliphatic rings. The Morgan fingerprint density at radius 2 is 1.96 bits per heavy atom. The lowest BCUT2D eigenvalue weighted by atomic mass is 9.70. The lowest BCUT2D eigenvalue weighted by Crippen LogP contribution is -2.49. The van der Waals surface area contributed by atoms with Gasteiger partial charge in [-0.05, 0) is 32.1 Å². The van der Waals surface area contributed by atoms with E-state index < -0.39 is 29.9 Å². The molecular formula is C17H28N2O5. The van der Waals surface area contributed by atoms with Crippen molar-refractivity contribution >= 4 is 17.8 Å². The minimum atomic E-state index is -1.16. The van der Waals surface area contributed by atoms with Crippen molar-refractivity contribution in [3.63, 3.8) is 0 Å². The maximum Gasteiger partial charge on any atom is 0.325 e. The van der Waals surface area contributed by atoms with Gasteiger partial charge in [-0.15, -0.1) is 0 Å². The van der Waals surface area contributed by atoms with Gasteiger partial charge in [0.25, 0.3) is 0 Å². The molecule has 2 fully saturated rings. The van der Waals surface area contributed by atoms with E-state index in [9.17, 15) is 14.4 Å². The predicted octanol–water partition coefficient (Wildman–Crippen LogP) is 1.05. The van der Waals surface area contributed by atoms with Gasteiger partial charge in [-0.25, -0.2) is 0 Å². The summed E-state index contributed by atoms with van der Waals surface area (Å²) in [6.07, 6.45) is 2.82. The number of esters is 1. The number of hydrogen-bond donors (Lipinski definition) is 3. The van der Waals surface area contributed by atoms with Gasteiger partial charge in [-0.2, -0.15) is 0 Å². The Labute approximate surface area is 142 Å². The van der Waals surface area contributed by atoms with Crippen LogP contribution in [0.25, 0.3) is 0 Å². The highest BCUT2D eigenvalue weighted by Gasteiger charge is 2.61. The van der Waals surface area contributed by atoms with Crippen LogP contribution in [0.3, 0.4) is 0 Å². The van der Waals surface area contributed by atoms with Gasteiger partial charge >= 0.3 is 11.9 Å². The number of carbonyl (C=O) groups excluding carboxylic acids is 2. The molecule has 0 aliphatic heterocycles. The van der Waals surface area contributed by atoms with Crippen molar-refractivity contribution in [2.45, 2.75) is 71.6 Å². The van der Waals surface area contributed by atoms with Gasteiger partial charge in [-0.3, -0.25) is 14.4 Å². The second kappa shape index (κ2) is 6.35. The molecule has 0 saturated heterocycles. The van der Waals surface area contributed by atoms with Crippen molar-refractivity contribution in [3.05, 3.63) is 0 Å². The van der Waals surface area contributed by atoms with Crippen LogP contribution < -0.4 is 11.1 Å². The number of fused-ring (bicyclic) bond motifs is 2. The highest BCUT2D eigenvalue weighted by molar-refractivity contribution is 5.89. The lowest BCUT2D eigenvalue weighted by Gasteiger charge is -2.41. The van der Waals surface area contributed by atoms with Gasteiger partial charge in [0.05, 0.1) is 12.5 Å². The summed E-state index contributed by atoms with van der Waals surface area (Å²) >= 11 is 0. The van der Waals surface area contributed by atoms with E-state index in [-0.39, 0.29) is 23.4 Å². The number of nitrogens with two attached hydrogens (primary N) is 1. The summed E-state index contributed by atoms with van der Waals surface area (Å²) in [6, 6.07) is -2.17. The molecule has 2 bridgehead atoms. The Hall–Kier alpha value is -1.63. The zero-order valence-corrected chi connectivity index (χ0v) is 14.8. The molecule has 0 aromatic heterocycles. The number of aliphatic carboxylic acids is 1. The number of amides is 1. The predicted molar refractivity (Wildman–Crippen MR) is 86.9 cm³/mol. The third-order valence-corrected chi connectivity index (χ3v) is 5.84. The van der Waals surface area contributed by atoms with Crippen molar-refractivity contribution in [1.29, 1.82) is 0 Å². The molecule has 2 rings (SSSR count). The van der Waals surface area contributed by atoms with Gasteiger partial charge in [0, 0.05) is 10.8 Å². The summed E-state index contributed by atoms with van der Waals surface area (Å²) in [7, 11) is 0. The average Bonchev–Trinajstić information content (AvgIpc) is 2.94. The van der Waals surface area contributed by atoms with E-state index in [1.165, 1.54) is 6.92 Å². The first-order valence-corrected chi connectivity index (χ1v) is 8.45. The number of rotatable bonds is 6. The fourth-order valence-electron chi connectivity index (χ4n) is 4.38. The van der Waals surface area contributed by atoms with Crippen molar-refractivity contribution < 1.29 is 24.2 Å². The summed E-state index contributed by atoms with van der Waals surface area (Å²) < 4.78 is 5.72. The Bertz CT molecular complexity index is 542. The highest BCUT2D eigenvalue weighted by atomic mass is 16.5. The van der Waals surface area contributed by atoms with E-state index in [4.69, 9.17) is 15.6 Å². The molecule has 0 heterocycles. The van der Waals surface area contributed by atoms with Gasteiger partial charge < -0.3 is 20.9 Å². The summed E-state index contributed by atoms with van der Waals surface area (Å²) in [5.74, 6) is -1.78. The minimum absolute atomic E-state index is 0.00595. The first-order valence-electron chi connectivity index (χ1n) is 8.45. The van der Waals surface area contributed by atoms with Gasteiger partial charge in [-0.1, -0.05) is 20.8 Å². The van der Waals surface area contributed by atoms with Gasteiger partial charge in [0.2, 0.25) is 5.91 Å². The zero-order chi connectivity index (χ0) is 18.3. The molecule has 136 valence electrons. The van der Waals surface area contributed by atoms with Crippen LogP contribution in [0.4, 0.5) is 0 Å². The standard InChI is InChI=1S/C17H28N2O5/c1-9(14(22)23)19-13(21)11(18)7-12(20)24-15-16(2,3)10-5-6-17(15,4)8-10/h9-11,15H,5-8,18H2,1-4H3,(H,19,21)(H,22,23)/t9?,10?,11-,15?,17?/m0/s1. The maximum atomic E-state index is 12.2. The Balaban J connectivity index is 1.91. The average molecular weight is 340 g/mol. The van der Waals surface area contributed by atoms with Crippen LogP contribution in [0.5, 0.6) is 0 Å². The van der Waals surface area contributed by atoms with Crippen molar-refractivity contribution in [2.24, 2.45) is 22.5 Å². The molecule has 0 spiro atoms. The summed E-state index contributed by atoms with van der Waals surface area (Å²) in [5, 5.41) is 11.0. The second-order valence-electron chi connectivity index (χ2n) is 8.16. The third kappa shape index (κ3) is 3.41. The fourth-order valence-corrected chi connectivity index (χ4v) is 4.38. The molecule has 24 heavy (non-hydrogen) atoms. The van der Waals surface area contributed by atoms with Crippen LogP contribution in [0.1, 0.15) is 53.4 Å². The quantitative estimate of drug-likeness (QED) is 0.622. The molecule has 0 radical (unpaired) electrons. The minimum Gasteiger partial charge on any atom is -0.480 e. The third-order valence-electron chi connectivity index (χ3n) is 5.84. The monoisotopic (exact) mass is 340 g/mol. The SMILES string of the molecule is CC(NC(=O)[C@@H](N)CC(=O)OC1C2(C)CCC(C2)C1(C)C)C(=O)O. The summed E-state index contributed by atoms with van der Waals surface area (Å²) in [5.41, 5.74) is 5.63. The normalized spacial score (nSPS) is 32.9. The Morgan fingerprint density at radius 3 is 2.46 bits per heavy atom. The lowest BCUT2D eigenvalue weighted by molar-refractivity contribution is -0.165. The molecule has 4 unspecified atom stereocenters. The maximum absolute atomic E-state index is 12.2. The largest absolute Gasteiger partial charge is 0.480 e. The molecule has 5 atom stereocenters. The molecule has 0 aromatic carbocycles. The number of nitrogens with one attached hydrogen (secondary N) is 1. The van der Waals surface area contributed by atoms with Crippen LogP contribution in [0.15, 0.2) is 0 Å². The number of ether oxygens (including phenoxy) is 1. The van der Waals surface area contributed by atoms with Crippen LogP contribution >= 0.6 is 0 Å². The van der Waals surface area contributed by atoms with Crippen molar-refractivity contribution in [1.82, 2.24) is 5.32 Å². The number of carbonyl (C=O) groups is 3. The van der Waals surface area contributed by atoms with E-state index in [0.717, 1.165) is 19.3 Å². The van der Waals surface area contributed by atoms with Crippen LogP contribution in [0.2, 0.25) is 0 Å². The Kier molecular flexibility index (Phi) is 4.95. The van der Waals surface area contributed by atoms with E-state index >= 15 is 0 Å². The fraction of sp³-hybridized carbons (Fsp3) is 0.824. The smallest absolute Gasteiger partial charge is 0.325 e. The van der Waals surface area contributed by atoms with E-state index in [2.05, 4.69) is 26.1 Å². The first-order chi connectivity index (χ1) is 11.0. The molecule has 4 N–H and O–H groups in total.